The van der Waals surface area contributed by atoms with Crippen LogP contribution in [-0.4, -0.2) is 66.6 Å². The number of benzene rings is 14. The van der Waals surface area contributed by atoms with E-state index in [4.69, 9.17) is 9.47 Å². The molecule has 0 bridgehead atoms. The molecule has 0 aliphatic heterocycles. The maximum atomic E-state index is 13.3. The highest BCUT2D eigenvalue weighted by atomic mass is 19.4. The molecule has 652 valence electrons. The summed E-state index contributed by atoms with van der Waals surface area (Å²) in [4.78, 5) is 23.4. The number of phenolic OH excluding ortho intramolecular Hbond substituents is 6. The standard InChI is InChI=1S/C18H20O3.C18H18O3.C17H17F3O.C16H16O.C15H12O2.2C14H14O/c2*1-10-6-13(7-11(2)18(10)20)12-4-5-14-15(8-12)17(21-3)9-16(14)19;1-4-12-5-6-14(15(9-12)17(18,19)20)13-7-10(2)16(21)11(3)8-13;1-11-2-3-14-10-13(6-9-16(11)14)12-4-7-15(17)8-5-12;16-13-5-1-10(2-6-13)11-3-7-14-12(9-11)4-8-15(14)17;1-10-8-13(9-11(2)14(10)15)12-6-4-3-5-7-12;1-11(15)12-7-9-14(10-8-12)13-5-3-2-4-6-13/h4-8,16-17,19-20H,9H2,1-3H3;4-8,17,20H,9H2,1-3H3;5-9,21H,4H2,1-3H3;4-11,17H,2-3H2,1H3;1-3,5-7,9,16H,4,8H2;3-9,15H,1-2H3;2-11,15H,1H3. The van der Waals surface area contributed by atoms with Gasteiger partial charge in [-0.1, -0.05) is 196 Å². The summed E-state index contributed by atoms with van der Waals surface area (Å²) in [5, 5.41) is 77.2. The van der Waals surface area contributed by atoms with Gasteiger partial charge in [0.1, 0.15) is 34.5 Å². The van der Waals surface area contributed by atoms with Crippen LogP contribution in [0.5, 0.6) is 34.5 Å². The van der Waals surface area contributed by atoms with E-state index in [0.29, 0.717) is 76.9 Å². The Hall–Kier alpha value is -13.2. The molecule has 0 radical (unpaired) electrons. The lowest BCUT2D eigenvalue weighted by atomic mass is 9.94. The number of hydrogen-bond acceptors (Lipinski definition) is 12. The first-order chi connectivity index (χ1) is 60.7. The number of Topliss-reactive ketones (excluding diaryl/α,β-unsaturated/α-hetero) is 2. The molecular weight excluding hydrogens is 1590 g/mol. The van der Waals surface area contributed by atoms with E-state index in [-0.39, 0.29) is 40.8 Å². The first-order valence-corrected chi connectivity index (χ1v) is 42.9. The summed E-state index contributed by atoms with van der Waals surface area (Å²) in [6.45, 7) is 20.7. The van der Waals surface area contributed by atoms with Gasteiger partial charge in [0.15, 0.2) is 11.6 Å². The Kier molecular flexibility index (Phi) is 30.3. The van der Waals surface area contributed by atoms with Crippen LogP contribution in [0.4, 0.5) is 13.2 Å². The van der Waals surface area contributed by atoms with Crippen LogP contribution in [0.15, 0.2) is 273 Å². The Labute approximate surface area is 743 Å². The maximum Gasteiger partial charge on any atom is 0.417 e. The lowest BCUT2D eigenvalue weighted by molar-refractivity contribution is -0.137. The largest absolute Gasteiger partial charge is 0.508 e. The Morgan fingerprint density at radius 2 is 0.748 bits per heavy atom. The molecule has 5 unspecified atom stereocenters. The minimum atomic E-state index is -4.40. The second kappa shape index (κ2) is 41.3. The fourth-order valence-electron chi connectivity index (χ4n) is 16.8. The van der Waals surface area contributed by atoms with Gasteiger partial charge >= 0.3 is 6.18 Å². The number of hydrogen-bond donors (Lipinski definition) is 8. The molecule has 0 heterocycles. The van der Waals surface area contributed by atoms with Crippen molar-refractivity contribution in [1.29, 1.82) is 0 Å². The van der Waals surface area contributed by atoms with E-state index in [1.807, 2.05) is 212 Å². The highest BCUT2D eigenvalue weighted by molar-refractivity contribution is 6.02. The van der Waals surface area contributed by atoms with Crippen molar-refractivity contribution in [3.8, 4) is 112 Å². The molecule has 4 aliphatic rings. The number of alkyl halides is 3. The molecule has 0 amide bonds. The van der Waals surface area contributed by atoms with Crippen LogP contribution in [0.1, 0.15) is 192 Å². The molecule has 8 N–H and O–H groups in total. The number of carbonyl (C=O) groups is 2. The number of ether oxygens (including phenoxy) is 2. The minimum absolute atomic E-state index is 0.0470. The van der Waals surface area contributed by atoms with Gasteiger partial charge in [-0.05, 0) is 352 Å². The zero-order valence-corrected chi connectivity index (χ0v) is 74.2. The van der Waals surface area contributed by atoms with E-state index in [1.165, 1.54) is 63.9 Å². The molecule has 0 spiro atoms. The highest BCUT2D eigenvalue weighted by Crippen LogP contribution is 2.46. The molecule has 15 heteroatoms. The molecule has 12 nitrogen and oxygen atoms in total. The van der Waals surface area contributed by atoms with E-state index in [1.54, 1.807) is 77.5 Å². The summed E-state index contributed by atoms with van der Waals surface area (Å²) >= 11 is 0. The molecular formula is C112H111F3O12. The summed E-state index contributed by atoms with van der Waals surface area (Å²) in [6, 6.07) is 87.1. The number of fused-ring (bicyclic) bond motifs is 4. The van der Waals surface area contributed by atoms with Gasteiger partial charge in [-0.2, -0.15) is 13.2 Å². The Bertz CT molecular complexity index is 6140. The number of aliphatic hydroxyl groups excluding tert-OH is 2. The molecule has 18 rings (SSSR count). The molecule has 127 heavy (non-hydrogen) atoms. The lowest BCUT2D eigenvalue weighted by Gasteiger charge is -2.16. The van der Waals surface area contributed by atoms with Gasteiger partial charge in [0, 0.05) is 44.6 Å². The third-order valence-electron chi connectivity index (χ3n) is 24.2. The number of aromatic hydroxyl groups is 6. The molecule has 0 fully saturated rings. The summed E-state index contributed by atoms with van der Waals surface area (Å²) in [5.41, 5.74) is 30.3. The van der Waals surface area contributed by atoms with E-state index >= 15 is 0 Å². The number of halogens is 3. The van der Waals surface area contributed by atoms with Crippen molar-refractivity contribution in [2.45, 2.75) is 158 Å². The van der Waals surface area contributed by atoms with Crippen LogP contribution in [0, 0.1) is 55.4 Å². The minimum Gasteiger partial charge on any atom is -0.508 e. The van der Waals surface area contributed by atoms with E-state index in [9.17, 15) is 63.6 Å². The first-order valence-electron chi connectivity index (χ1n) is 42.9. The number of rotatable bonds is 11. The molecule has 4 aliphatic carbocycles. The van der Waals surface area contributed by atoms with Crippen LogP contribution >= 0.6 is 0 Å². The van der Waals surface area contributed by atoms with Gasteiger partial charge in [0.25, 0.3) is 0 Å². The average molecular weight is 1710 g/mol. The predicted molar refractivity (Wildman–Crippen MR) is 503 cm³/mol. The summed E-state index contributed by atoms with van der Waals surface area (Å²) in [5.74, 6) is 2.90. The normalized spacial score (nSPS) is 15.1. The zero-order chi connectivity index (χ0) is 91.2. The van der Waals surface area contributed by atoms with Crippen molar-refractivity contribution in [3.05, 3.63) is 379 Å². The monoisotopic (exact) mass is 1700 g/mol. The third kappa shape index (κ3) is 22.6. The molecule has 5 atom stereocenters. The van der Waals surface area contributed by atoms with Crippen molar-refractivity contribution in [1.82, 2.24) is 0 Å². The third-order valence-corrected chi connectivity index (χ3v) is 24.2. The van der Waals surface area contributed by atoms with E-state index < -0.39 is 23.9 Å². The molecule has 14 aromatic rings. The SMILES string of the molecule is CC(O)c1ccc(-c2ccccc2)cc1.CC1CCc2cc(-c3ccc(O)cc3)ccc21.CCc1ccc(-c2cc(C)c(O)c(C)c2)c(C(F)(F)F)c1.COC1CC(=O)c2ccc(-c3cc(C)c(O)c(C)c3)cc21.COC1CC(O)c2ccc(-c3cc(C)c(O)c(C)c3)cc21.Cc1cc(-c2ccccc2)cc(C)c1O.O=C1CCc2cc(-c3ccc(O)cc3)ccc21. The first kappa shape index (κ1) is 93.0. The van der Waals surface area contributed by atoms with Crippen LogP contribution in [-0.2, 0) is 34.9 Å². The quantitative estimate of drug-likeness (QED) is 0.0607. The highest BCUT2D eigenvalue weighted by Gasteiger charge is 2.35. The zero-order valence-electron chi connectivity index (χ0n) is 74.2. The Morgan fingerprint density at radius 3 is 1.20 bits per heavy atom. The van der Waals surface area contributed by atoms with Gasteiger partial charge in [-0.25, -0.2) is 0 Å². The summed E-state index contributed by atoms with van der Waals surface area (Å²) < 4.78 is 50.7. The second-order valence-electron chi connectivity index (χ2n) is 33.3. The topological polar surface area (TPSA) is 214 Å². The van der Waals surface area contributed by atoms with Gasteiger partial charge in [0.2, 0.25) is 0 Å². The number of ketones is 2. The van der Waals surface area contributed by atoms with E-state index in [0.717, 1.165) is 118 Å². The molecule has 14 aromatic carbocycles. The van der Waals surface area contributed by atoms with Crippen LogP contribution in [0.25, 0.3) is 77.9 Å². The summed E-state index contributed by atoms with van der Waals surface area (Å²) in [7, 11) is 3.31. The van der Waals surface area contributed by atoms with Crippen LogP contribution in [0.2, 0.25) is 0 Å². The smallest absolute Gasteiger partial charge is 0.417 e. The Morgan fingerprint density at radius 1 is 0.370 bits per heavy atom. The van der Waals surface area contributed by atoms with Gasteiger partial charge in [-0.15, -0.1) is 0 Å². The number of aliphatic hydroxyl groups is 2. The van der Waals surface area contributed by atoms with Crippen molar-refractivity contribution in [3.63, 3.8) is 0 Å². The van der Waals surface area contributed by atoms with Crippen LogP contribution < -0.4 is 0 Å². The fraction of sp³-hybridized carbons (Fsp3) is 0.232. The van der Waals surface area contributed by atoms with Crippen molar-refractivity contribution in [2.24, 2.45) is 0 Å². The van der Waals surface area contributed by atoms with Crippen molar-refractivity contribution >= 4 is 11.6 Å². The van der Waals surface area contributed by atoms with Gasteiger partial charge in [0.05, 0.1) is 30.0 Å². The van der Waals surface area contributed by atoms with Crippen LogP contribution in [0.3, 0.4) is 0 Å². The van der Waals surface area contributed by atoms with Crippen molar-refractivity contribution in [2.75, 3.05) is 14.2 Å². The van der Waals surface area contributed by atoms with Gasteiger partial charge < -0.3 is 50.3 Å². The summed E-state index contributed by atoms with van der Waals surface area (Å²) in [6.07, 6.45) is 0.104. The maximum absolute atomic E-state index is 13.3. The fourth-order valence-corrected chi connectivity index (χ4v) is 16.8. The Balaban J connectivity index is 0.000000135. The lowest BCUT2D eigenvalue weighted by Crippen LogP contribution is -2.08. The van der Waals surface area contributed by atoms with E-state index in [2.05, 4.69) is 61.5 Å². The number of methoxy groups -OCH3 is 2. The number of aryl methyl sites for hydroxylation is 11. The molecule has 0 saturated carbocycles. The molecule has 0 saturated heterocycles. The number of phenols is 6. The number of carbonyl (C=O) groups excluding carboxylic acids is 2. The molecule has 0 aromatic heterocycles. The predicted octanol–water partition coefficient (Wildman–Crippen LogP) is 27.4. The van der Waals surface area contributed by atoms with Gasteiger partial charge in [-0.3, -0.25) is 9.59 Å². The second-order valence-corrected chi connectivity index (χ2v) is 33.3. The van der Waals surface area contributed by atoms with Crippen molar-refractivity contribution < 1.29 is 73.1 Å². The average Bonchev–Trinajstić information content (AvgIpc) is 1.18.